The van der Waals surface area contributed by atoms with Crippen molar-refractivity contribution in [2.45, 2.75) is 58.5 Å². The normalized spacial score (nSPS) is 12.6. The summed E-state index contributed by atoms with van der Waals surface area (Å²) in [6.07, 6.45) is 9.14. The molecule has 0 saturated heterocycles. The van der Waals surface area contributed by atoms with Gasteiger partial charge in [0.15, 0.2) is 0 Å². The molecular weight excluding hydrogens is 200 g/mol. The third-order valence-electron chi connectivity index (χ3n) is 2.52. The molecule has 1 atom stereocenters. The monoisotopic (exact) mass is 228 g/mol. The van der Waals surface area contributed by atoms with Crippen molar-refractivity contribution in [2.75, 3.05) is 19.8 Å². The highest BCUT2D eigenvalue weighted by Gasteiger charge is 2.03. The van der Waals surface area contributed by atoms with Crippen molar-refractivity contribution in [3.8, 4) is 0 Å². The Labute approximate surface area is 101 Å². The molecular formula is C14H28O2. The van der Waals surface area contributed by atoms with E-state index in [0.717, 1.165) is 26.1 Å². The third-order valence-corrected chi connectivity index (χ3v) is 2.52. The second kappa shape index (κ2) is 12.7. The summed E-state index contributed by atoms with van der Waals surface area (Å²) in [5.74, 6) is 0. The molecule has 0 aromatic heterocycles. The Bertz CT molecular complexity index is 146. The lowest BCUT2D eigenvalue weighted by molar-refractivity contribution is 0.00619. The first-order valence-electron chi connectivity index (χ1n) is 6.67. The van der Waals surface area contributed by atoms with Crippen LogP contribution in [0.5, 0.6) is 0 Å². The van der Waals surface area contributed by atoms with Crippen LogP contribution in [0.25, 0.3) is 0 Å². The molecule has 0 amide bonds. The van der Waals surface area contributed by atoms with Crippen LogP contribution in [-0.2, 0) is 9.47 Å². The average molecular weight is 228 g/mol. The lowest BCUT2D eigenvalue weighted by atomic mass is 10.2. The summed E-state index contributed by atoms with van der Waals surface area (Å²) in [5.41, 5.74) is 0. The minimum absolute atomic E-state index is 0.0680. The van der Waals surface area contributed by atoms with Gasteiger partial charge in [-0.15, -0.1) is 6.58 Å². The van der Waals surface area contributed by atoms with Crippen molar-refractivity contribution in [3.63, 3.8) is 0 Å². The fourth-order valence-electron chi connectivity index (χ4n) is 1.42. The summed E-state index contributed by atoms with van der Waals surface area (Å²) in [6, 6.07) is 0. The smallest absolute Gasteiger partial charge is 0.0986 e. The van der Waals surface area contributed by atoms with Crippen LogP contribution in [0, 0.1) is 0 Å². The first-order valence-corrected chi connectivity index (χ1v) is 6.67. The molecule has 0 bridgehead atoms. The van der Waals surface area contributed by atoms with Crippen LogP contribution in [0.3, 0.4) is 0 Å². The molecule has 0 N–H and O–H groups in total. The van der Waals surface area contributed by atoms with Gasteiger partial charge in [-0.3, -0.25) is 0 Å². The number of unbranched alkanes of at least 4 members (excludes halogenated alkanes) is 4. The Morgan fingerprint density at radius 1 is 1.00 bits per heavy atom. The molecule has 0 aliphatic heterocycles. The van der Waals surface area contributed by atoms with Gasteiger partial charge in [-0.1, -0.05) is 45.6 Å². The van der Waals surface area contributed by atoms with Crippen LogP contribution in [-0.4, -0.2) is 25.9 Å². The maximum atomic E-state index is 5.66. The van der Waals surface area contributed by atoms with Crippen molar-refractivity contribution >= 4 is 0 Å². The van der Waals surface area contributed by atoms with Gasteiger partial charge in [-0.2, -0.15) is 0 Å². The Balaban J connectivity index is 3.33. The van der Waals surface area contributed by atoms with E-state index < -0.39 is 0 Å². The molecule has 96 valence electrons. The molecule has 2 nitrogen and oxygen atoms in total. The van der Waals surface area contributed by atoms with Gasteiger partial charge < -0.3 is 9.47 Å². The van der Waals surface area contributed by atoms with Crippen LogP contribution >= 0.6 is 0 Å². The standard InChI is InChI=1S/C14H28O2/c1-4-7-9-11-15-13-14(6-3)16-12-10-8-5-2/h6,14H,3-5,7-13H2,1-2H3. The van der Waals surface area contributed by atoms with Gasteiger partial charge in [0.25, 0.3) is 0 Å². The highest BCUT2D eigenvalue weighted by Crippen LogP contribution is 2.01. The Morgan fingerprint density at radius 3 is 2.19 bits per heavy atom. The van der Waals surface area contributed by atoms with E-state index in [-0.39, 0.29) is 6.10 Å². The highest BCUT2D eigenvalue weighted by atomic mass is 16.5. The predicted molar refractivity (Wildman–Crippen MR) is 69.8 cm³/mol. The predicted octanol–water partition coefficient (Wildman–Crippen LogP) is 3.95. The molecule has 1 unspecified atom stereocenters. The van der Waals surface area contributed by atoms with E-state index in [2.05, 4.69) is 20.4 Å². The molecule has 0 saturated carbocycles. The fourth-order valence-corrected chi connectivity index (χ4v) is 1.42. The van der Waals surface area contributed by atoms with E-state index in [1.54, 1.807) is 0 Å². The molecule has 0 aromatic rings. The number of hydrogen-bond acceptors (Lipinski definition) is 2. The first-order chi connectivity index (χ1) is 7.85. The van der Waals surface area contributed by atoms with Crippen LogP contribution in [0.4, 0.5) is 0 Å². The maximum Gasteiger partial charge on any atom is 0.0986 e. The second-order valence-corrected chi connectivity index (χ2v) is 4.13. The highest BCUT2D eigenvalue weighted by molar-refractivity contribution is 4.79. The van der Waals surface area contributed by atoms with Gasteiger partial charge in [0.05, 0.1) is 12.7 Å². The minimum Gasteiger partial charge on any atom is -0.378 e. The molecule has 0 aliphatic carbocycles. The summed E-state index contributed by atoms with van der Waals surface area (Å²) in [7, 11) is 0. The van der Waals surface area contributed by atoms with E-state index in [9.17, 15) is 0 Å². The van der Waals surface area contributed by atoms with Gasteiger partial charge in [0.2, 0.25) is 0 Å². The minimum atomic E-state index is 0.0680. The maximum absolute atomic E-state index is 5.66. The Hall–Kier alpha value is -0.340. The van der Waals surface area contributed by atoms with Crippen LogP contribution in [0.1, 0.15) is 52.4 Å². The van der Waals surface area contributed by atoms with Crippen LogP contribution in [0.2, 0.25) is 0 Å². The van der Waals surface area contributed by atoms with Crippen molar-refractivity contribution in [1.82, 2.24) is 0 Å². The van der Waals surface area contributed by atoms with Crippen LogP contribution < -0.4 is 0 Å². The molecule has 0 rings (SSSR count). The molecule has 0 fully saturated rings. The SMILES string of the molecule is C=CC(COCCCCC)OCCCCC. The van der Waals surface area contributed by atoms with E-state index in [1.165, 1.54) is 25.7 Å². The zero-order valence-corrected chi connectivity index (χ0v) is 11.0. The summed E-state index contributed by atoms with van der Waals surface area (Å²) >= 11 is 0. The zero-order valence-electron chi connectivity index (χ0n) is 11.0. The van der Waals surface area contributed by atoms with E-state index in [0.29, 0.717) is 6.61 Å². The summed E-state index contributed by atoms with van der Waals surface area (Å²) < 4.78 is 11.2. The average Bonchev–Trinajstić information content (AvgIpc) is 2.31. The number of hydrogen-bond donors (Lipinski definition) is 0. The van der Waals surface area contributed by atoms with Crippen LogP contribution in [0.15, 0.2) is 12.7 Å². The molecule has 0 aromatic carbocycles. The second-order valence-electron chi connectivity index (χ2n) is 4.13. The molecule has 2 heteroatoms. The largest absolute Gasteiger partial charge is 0.378 e. The summed E-state index contributed by atoms with van der Waals surface area (Å²) in [5, 5.41) is 0. The van der Waals surface area contributed by atoms with Crippen molar-refractivity contribution in [2.24, 2.45) is 0 Å². The Morgan fingerprint density at radius 2 is 1.62 bits per heavy atom. The number of ether oxygens (including phenoxy) is 2. The van der Waals surface area contributed by atoms with Crippen molar-refractivity contribution < 1.29 is 9.47 Å². The van der Waals surface area contributed by atoms with E-state index in [1.807, 2.05) is 6.08 Å². The Kier molecular flexibility index (Phi) is 12.5. The van der Waals surface area contributed by atoms with Crippen molar-refractivity contribution in [1.29, 1.82) is 0 Å². The topological polar surface area (TPSA) is 18.5 Å². The van der Waals surface area contributed by atoms with Crippen molar-refractivity contribution in [3.05, 3.63) is 12.7 Å². The first kappa shape index (κ1) is 15.7. The van der Waals surface area contributed by atoms with Gasteiger partial charge in [-0.05, 0) is 12.8 Å². The molecule has 0 radical (unpaired) electrons. The van der Waals surface area contributed by atoms with E-state index >= 15 is 0 Å². The van der Waals surface area contributed by atoms with E-state index in [4.69, 9.17) is 9.47 Å². The summed E-state index contributed by atoms with van der Waals surface area (Å²) in [4.78, 5) is 0. The number of rotatable bonds is 12. The molecule has 0 heterocycles. The lowest BCUT2D eigenvalue weighted by Gasteiger charge is -2.14. The molecule has 0 spiro atoms. The molecule has 16 heavy (non-hydrogen) atoms. The third kappa shape index (κ3) is 10.2. The fraction of sp³-hybridized carbons (Fsp3) is 0.857. The summed E-state index contributed by atoms with van der Waals surface area (Å²) in [6.45, 7) is 10.5. The van der Waals surface area contributed by atoms with Gasteiger partial charge >= 0.3 is 0 Å². The van der Waals surface area contributed by atoms with Gasteiger partial charge in [-0.25, -0.2) is 0 Å². The van der Waals surface area contributed by atoms with Gasteiger partial charge in [0, 0.05) is 13.2 Å². The quantitative estimate of drug-likeness (QED) is 0.372. The lowest BCUT2D eigenvalue weighted by Crippen LogP contribution is -2.18. The van der Waals surface area contributed by atoms with Gasteiger partial charge in [0.1, 0.15) is 0 Å². The molecule has 0 aliphatic rings. The zero-order chi connectivity index (χ0) is 12.1.